The fourth-order valence-corrected chi connectivity index (χ4v) is 2.96. The minimum atomic E-state index is 0.378. The van der Waals surface area contributed by atoms with Crippen molar-refractivity contribution in [3.05, 3.63) is 16.6 Å². The second-order valence-corrected chi connectivity index (χ2v) is 5.21. The van der Waals surface area contributed by atoms with Gasteiger partial charge in [-0.25, -0.2) is 0 Å². The summed E-state index contributed by atoms with van der Waals surface area (Å²) in [7, 11) is 0. The molecule has 0 fully saturated rings. The smallest absolute Gasteiger partial charge is 0.150 e. The average Bonchev–Trinajstić information content (AvgIpc) is 2.46. The number of aromatic hydroxyl groups is 1. The Morgan fingerprint density at radius 3 is 2.79 bits per heavy atom. The first-order valence-electron chi connectivity index (χ1n) is 4.26. The van der Waals surface area contributed by atoms with E-state index in [4.69, 9.17) is 0 Å². The normalized spacial score (nSPS) is 11.1. The molecular weight excluding hydrogens is 214 g/mol. The zero-order valence-electron chi connectivity index (χ0n) is 8.29. The highest BCUT2D eigenvalue weighted by Gasteiger charge is 2.12. The molecule has 0 aliphatic carbocycles. The van der Waals surface area contributed by atoms with Crippen molar-refractivity contribution < 1.29 is 5.11 Å². The van der Waals surface area contributed by atoms with Crippen molar-refractivity contribution in [2.24, 2.45) is 0 Å². The van der Waals surface area contributed by atoms with Crippen LogP contribution < -0.4 is 0 Å². The van der Waals surface area contributed by atoms with Crippen molar-refractivity contribution in [3.8, 4) is 5.75 Å². The standard InChI is InChI=1S/C10H11NOS2/c1-5-6(2)14-10-8(5)11-4-7(13-3)9(10)12/h4H,1-3H3,(H,11,12). The van der Waals surface area contributed by atoms with Gasteiger partial charge in [0.05, 0.1) is 15.1 Å². The Morgan fingerprint density at radius 1 is 1.43 bits per heavy atom. The van der Waals surface area contributed by atoms with E-state index in [-0.39, 0.29) is 0 Å². The molecule has 0 aliphatic rings. The van der Waals surface area contributed by atoms with Crippen LogP contribution in [0.3, 0.4) is 0 Å². The van der Waals surface area contributed by atoms with Crippen molar-refractivity contribution in [1.29, 1.82) is 0 Å². The molecule has 0 aliphatic heterocycles. The van der Waals surface area contributed by atoms with Gasteiger partial charge in [0.1, 0.15) is 5.75 Å². The summed E-state index contributed by atoms with van der Waals surface area (Å²) in [5.41, 5.74) is 2.11. The highest BCUT2D eigenvalue weighted by Crippen LogP contribution is 2.39. The van der Waals surface area contributed by atoms with Gasteiger partial charge in [-0.15, -0.1) is 23.1 Å². The molecule has 0 saturated heterocycles. The van der Waals surface area contributed by atoms with Gasteiger partial charge in [-0.05, 0) is 25.7 Å². The number of pyridine rings is 1. The largest absolute Gasteiger partial charge is 0.505 e. The summed E-state index contributed by atoms with van der Waals surface area (Å²) in [4.78, 5) is 6.43. The lowest BCUT2D eigenvalue weighted by Gasteiger charge is -2.00. The predicted molar refractivity (Wildman–Crippen MR) is 62.5 cm³/mol. The van der Waals surface area contributed by atoms with Crippen LogP contribution in [0.25, 0.3) is 10.2 Å². The summed E-state index contributed by atoms with van der Waals surface area (Å²) in [6, 6.07) is 0. The van der Waals surface area contributed by atoms with Crippen LogP contribution in [-0.4, -0.2) is 16.3 Å². The van der Waals surface area contributed by atoms with E-state index in [1.165, 1.54) is 22.2 Å². The SMILES string of the molecule is CSc1cnc2c(C)c(C)sc2c1O. The molecule has 0 spiro atoms. The Hall–Kier alpha value is -0.740. The number of fused-ring (bicyclic) bond motifs is 1. The lowest BCUT2D eigenvalue weighted by atomic mass is 10.2. The Bertz CT molecular complexity index is 490. The summed E-state index contributed by atoms with van der Waals surface area (Å²) in [6.45, 7) is 4.10. The van der Waals surface area contributed by atoms with Gasteiger partial charge in [0.25, 0.3) is 0 Å². The predicted octanol–water partition coefficient (Wildman–Crippen LogP) is 3.34. The van der Waals surface area contributed by atoms with Crippen LogP contribution in [-0.2, 0) is 0 Å². The molecule has 2 rings (SSSR count). The van der Waals surface area contributed by atoms with Crippen molar-refractivity contribution in [2.45, 2.75) is 18.7 Å². The molecular formula is C10H11NOS2. The van der Waals surface area contributed by atoms with E-state index in [9.17, 15) is 5.11 Å². The number of aromatic nitrogens is 1. The third kappa shape index (κ3) is 1.29. The number of thiophene rings is 1. The monoisotopic (exact) mass is 225 g/mol. The molecule has 74 valence electrons. The van der Waals surface area contributed by atoms with Gasteiger partial charge >= 0.3 is 0 Å². The third-order valence-corrected chi connectivity index (χ3v) is 4.27. The molecule has 1 N–H and O–H groups in total. The lowest BCUT2D eigenvalue weighted by Crippen LogP contribution is -1.80. The Balaban J connectivity index is 2.83. The maximum atomic E-state index is 9.94. The van der Waals surface area contributed by atoms with Gasteiger partial charge < -0.3 is 5.11 Å². The maximum absolute atomic E-state index is 9.94. The van der Waals surface area contributed by atoms with Gasteiger partial charge in [-0.1, -0.05) is 0 Å². The molecule has 14 heavy (non-hydrogen) atoms. The number of hydrogen-bond acceptors (Lipinski definition) is 4. The molecule has 0 atom stereocenters. The fourth-order valence-electron chi connectivity index (χ4n) is 1.38. The molecule has 0 bridgehead atoms. The summed E-state index contributed by atoms with van der Waals surface area (Å²) in [5, 5.41) is 9.94. The van der Waals surface area contributed by atoms with E-state index in [1.807, 2.05) is 13.2 Å². The first-order chi connectivity index (χ1) is 6.65. The van der Waals surface area contributed by atoms with Crippen molar-refractivity contribution in [3.63, 3.8) is 0 Å². The molecule has 0 radical (unpaired) electrons. The van der Waals surface area contributed by atoms with Crippen LogP contribution in [0.4, 0.5) is 0 Å². The van der Waals surface area contributed by atoms with Gasteiger partial charge in [0.2, 0.25) is 0 Å². The summed E-state index contributed by atoms with van der Waals surface area (Å²) in [5.74, 6) is 0.378. The average molecular weight is 225 g/mol. The minimum absolute atomic E-state index is 0.378. The van der Waals surface area contributed by atoms with E-state index >= 15 is 0 Å². The van der Waals surface area contributed by atoms with Crippen LogP contribution in [0.2, 0.25) is 0 Å². The molecule has 0 unspecified atom stereocenters. The maximum Gasteiger partial charge on any atom is 0.150 e. The van der Waals surface area contributed by atoms with Crippen LogP contribution in [0.5, 0.6) is 5.75 Å². The first kappa shape index (κ1) is 9.80. The zero-order chi connectivity index (χ0) is 10.3. The zero-order valence-corrected chi connectivity index (χ0v) is 9.92. The number of thioether (sulfide) groups is 1. The molecule has 2 aromatic rings. The first-order valence-corrected chi connectivity index (χ1v) is 6.31. The van der Waals surface area contributed by atoms with Gasteiger partial charge in [-0.3, -0.25) is 4.98 Å². The topological polar surface area (TPSA) is 33.1 Å². The number of hydrogen-bond donors (Lipinski definition) is 1. The van der Waals surface area contributed by atoms with E-state index in [0.29, 0.717) is 5.75 Å². The van der Waals surface area contributed by atoms with E-state index in [1.54, 1.807) is 17.5 Å². The highest BCUT2D eigenvalue weighted by atomic mass is 32.2. The fraction of sp³-hybridized carbons (Fsp3) is 0.300. The highest BCUT2D eigenvalue weighted by molar-refractivity contribution is 7.98. The number of aryl methyl sites for hydroxylation is 2. The quantitative estimate of drug-likeness (QED) is 0.756. The van der Waals surface area contributed by atoms with Crippen LogP contribution in [0.15, 0.2) is 11.1 Å². The summed E-state index contributed by atoms with van der Waals surface area (Å²) < 4.78 is 0.909. The molecule has 0 amide bonds. The molecule has 0 aromatic carbocycles. The molecule has 2 aromatic heterocycles. The Labute approximate surface area is 91.0 Å². The number of rotatable bonds is 1. The molecule has 2 heterocycles. The van der Waals surface area contributed by atoms with Crippen molar-refractivity contribution in [1.82, 2.24) is 4.98 Å². The second kappa shape index (κ2) is 3.44. The van der Waals surface area contributed by atoms with E-state index < -0.39 is 0 Å². The molecule has 2 nitrogen and oxygen atoms in total. The van der Waals surface area contributed by atoms with Gasteiger partial charge in [0.15, 0.2) is 0 Å². The third-order valence-electron chi connectivity index (χ3n) is 2.33. The van der Waals surface area contributed by atoms with Gasteiger partial charge in [-0.2, -0.15) is 0 Å². The van der Waals surface area contributed by atoms with E-state index in [0.717, 1.165) is 15.1 Å². The van der Waals surface area contributed by atoms with Crippen LogP contribution in [0.1, 0.15) is 10.4 Å². The Morgan fingerprint density at radius 2 is 2.14 bits per heavy atom. The minimum Gasteiger partial charge on any atom is -0.505 e. The Kier molecular flexibility index (Phi) is 2.41. The molecule has 4 heteroatoms. The second-order valence-electron chi connectivity index (χ2n) is 3.14. The number of nitrogens with zero attached hydrogens (tertiary/aromatic N) is 1. The summed E-state index contributed by atoms with van der Waals surface area (Å²) >= 11 is 3.13. The van der Waals surface area contributed by atoms with E-state index in [2.05, 4.69) is 11.9 Å². The van der Waals surface area contributed by atoms with Crippen molar-refractivity contribution in [2.75, 3.05) is 6.26 Å². The van der Waals surface area contributed by atoms with Gasteiger partial charge in [0, 0.05) is 11.1 Å². The van der Waals surface area contributed by atoms with Crippen LogP contribution >= 0.6 is 23.1 Å². The van der Waals surface area contributed by atoms with Crippen LogP contribution in [0, 0.1) is 13.8 Å². The molecule has 0 saturated carbocycles. The van der Waals surface area contributed by atoms with Crippen molar-refractivity contribution >= 4 is 33.3 Å². The summed E-state index contributed by atoms with van der Waals surface area (Å²) in [6.07, 6.45) is 3.68. The lowest BCUT2D eigenvalue weighted by molar-refractivity contribution is 0.469.